The van der Waals surface area contributed by atoms with Crippen molar-refractivity contribution in [3.63, 3.8) is 0 Å². The number of hydroxylamine groups is 2. The molecule has 0 saturated heterocycles. The molecule has 90 valence electrons. The van der Waals surface area contributed by atoms with Gasteiger partial charge in [-0.2, -0.15) is 0 Å². The van der Waals surface area contributed by atoms with Crippen LogP contribution < -0.4 is 0 Å². The largest absolute Gasteiger partial charge is 0.525 e. The van der Waals surface area contributed by atoms with Crippen LogP contribution in [0, 0.1) is 0 Å². The Labute approximate surface area is 92.2 Å². The van der Waals surface area contributed by atoms with Crippen LogP contribution in [0.5, 0.6) is 0 Å². The highest BCUT2D eigenvalue weighted by molar-refractivity contribution is 5.56. The van der Waals surface area contributed by atoms with Crippen molar-refractivity contribution < 1.29 is 14.7 Å². The van der Waals surface area contributed by atoms with Crippen molar-refractivity contribution in [2.75, 3.05) is 13.1 Å². The Morgan fingerprint density at radius 1 is 1.07 bits per heavy atom. The number of rotatable bonds is 9. The number of carboxylic acid groups (broad SMARTS) is 1. The van der Waals surface area contributed by atoms with Gasteiger partial charge in [-0.1, -0.05) is 39.5 Å². The normalized spacial score (nSPS) is 10.6. The summed E-state index contributed by atoms with van der Waals surface area (Å²) in [5.74, 6) is 0. The summed E-state index contributed by atoms with van der Waals surface area (Å²) in [5.41, 5.74) is 0. The first-order chi connectivity index (χ1) is 7.20. The zero-order valence-corrected chi connectivity index (χ0v) is 9.87. The van der Waals surface area contributed by atoms with E-state index < -0.39 is 6.16 Å². The van der Waals surface area contributed by atoms with Gasteiger partial charge in [0.2, 0.25) is 0 Å². The first kappa shape index (κ1) is 14.2. The van der Waals surface area contributed by atoms with Crippen molar-refractivity contribution in [1.82, 2.24) is 5.06 Å². The van der Waals surface area contributed by atoms with Gasteiger partial charge in [-0.3, -0.25) is 0 Å². The van der Waals surface area contributed by atoms with E-state index in [0.717, 1.165) is 38.5 Å². The molecule has 0 aromatic heterocycles. The average Bonchev–Trinajstić information content (AvgIpc) is 2.17. The van der Waals surface area contributed by atoms with Crippen molar-refractivity contribution >= 4 is 6.16 Å². The predicted octanol–water partition coefficient (Wildman–Crippen LogP) is 3.28. The van der Waals surface area contributed by atoms with E-state index in [9.17, 15) is 4.79 Å². The van der Waals surface area contributed by atoms with E-state index in [4.69, 9.17) is 9.94 Å². The van der Waals surface area contributed by atoms with Crippen LogP contribution in [0.1, 0.15) is 52.4 Å². The van der Waals surface area contributed by atoms with Crippen molar-refractivity contribution in [3.05, 3.63) is 0 Å². The lowest BCUT2D eigenvalue weighted by molar-refractivity contribution is -0.121. The molecule has 0 bridgehead atoms. The lowest BCUT2D eigenvalue weighted by atomic mass is 10.2. The van der Waals surface area contributed by atoms with E-state index in [1.165, 1.54) is 0 Å². The molecule has 0 fully saturated rings. The minimum Gasteiger partial charge on any atom is -0.448 e. The fourth-order valence-electron chi connectivity index (χ4n) is 1.39. The van der Waals surface area contributed by atoms with E-state index in [2.05, 4.69) is 13.8 Å². The third-order valence-corrected chi connectivity index (χ3v) is 2.23. The van der Waals surface area contributed by atoms with Gasteiger partial charge in [0.25, 0.3) is 0 Å². The van der Waals surface area contributed by atoms with Gasteiger partial charge in [0.15, 0.2) is 0 Å². The predicted molar refractivity (Wildman–Crippen MR) is 59.7 cm³/mol. The molecule has 0 unspecified atom stereocenters. The zero-order chi connectivity index (χ0) is 11.5. The van der Waals surface area contributed by atoms with Crippen LogP contribution in [0.2, 0.25) is 0 Å². The molecule has 0 spiro atoms. The van der Waals surface area contributed by atoms with Crippen LogP contribution in [-0.4, -0.2) is 29.4 Å². The highest BCUT2D eigenvalue weighted by Gasteiger charge is 2.09. The van der Waals surface area contributed by atoms with Gasteiger partial charge in [0.1, 0.15) is 0 Å². The Hall–Kier alpha value is -0.770. The van der Waals surface area contributed by atoms with Gasteiger partial charge >= 0.3 is 6.16 Å². The molecule has 0 amide bonds. The van der Waals surface area contributed by atoms with Crippen molar-refractivity contribution in [2.45, 2.75) is 52.4 Å². The molecule has 4 heteroatoms. The maximum absolute atomic E-state index is 10.4. The Morgan fingerprint density at radius 2 is 1.53 bits per heavy atom. The van der Waals surface area contributed by atoms with Crippen LogP contribution in [-0.2, 0) is 4.84 Å². The van der Waals surface area contributed by atoms with Gasteiger partial charge in [0, 0.05) is 13.1 Å². The third kappa shape index (κ3) is 9.53. The number of unbranched alkanes of at least 4 members (excludes halogenated alkanes) is 4. The smallest absolute Gasteiger partial charge is 0.448 e. The molecule has 0 aromatic carbocycles. The third-order valence-electron chi connectivity index (χ3n) is 2.23. The fourth-order valence-corrected chi connectivity index (χ4v) is 1.39. The van der Waals surface area contributed by atoms with E-state index in [1.54, 1.807) is 5.06 Å². The van der Waals surface area contributed by atoms with Crippen molar-refractivity contribution in [2.24, 2.45) is 0 Å². The van der Waals surface area contributed by atoms with Crippen LogP contribution in [0.3, 0.4) is 0 Å². The molecule has 0 radical (unpaired) electrons. The van der Waals surface area contributed by atoms with Crippen LogP contribution in [0.15, 0.2) is 0 Å². The maximum atomic E-state index is 10.4. The summed E-state index contributed by atoms with van der Waals surface area (Å²) >= 11 is 0. The Bertz CT molecular complexity index is 152. The minimum atomic E-state index is -1.21. The van der Waals surface area contributed by atoms with E-state index in [1.807, 2.05) is 0 Å². The van der Waals surface area contributed by atoms with Crippen LogP contribution in [0.4, 0.5) is 4.79 Å². The molecular formula is C11H23NO3. The van der Waals surface area contributed by atoms with Gasteiger partial charge in [-0.25, -0.2) is 4.79 Å². The van der Waals surface area contributed by atoms with Crippen molar-refractivity contribution in [3.8, 4) is 0 Å². The molecule has 0 heterocycles. The molecule has 1 N–H and O–H groups in total. The average molecular weight is 217 g/mol. The molecular weight excluding hydrogens is 194 g/mol. The molecule has 0 aliphatic heterocycles. The molecule has 0 rings (SSSR count). The molecule has 0 saturated carbocycles. The molecule has 0 aliphatic rings. The first-order valence-corrected chi connectivity index (χ1v) is 5.86. The van der Waals surface area contributed by atoms with E-state index >= 15 is 0 Å². The van der Waals surface area contributed by atoms with Gasteiger partial charge in [-0.15, -0.1) is 5.06 Å². The number of hydrogen-bond donors (Lipinski definition) is 1. The number of nitrogens with zero attached hydrogens (tertiary/aromatic N) is 1. The van der Waals surface area contributed by atoms with Gasteiger partial charge < -0.3 is 9.94 Å². The SMILES string of the molecule is CCCCCN(CCCCC)OC(=O)O. The van der Waals surface area contributed by atoms with Gasteiger partial charge in [-0.05, 0) is 12.8 Å². The highest BCUT2D eigenvalue weighted by Crippen LogP contribution is 2.03. The van der Waals surface area contributed by atoms with E-state index in [0.29, 0.717) is 13.1 Å². The summed E-state index contributed by atoms with van der Waals surface area (Å²) < 4.78 is 0. The second-order valence-corrected chi connectivity index (χ2v) is 3.70. The summed E-state index contributed by atoms with van der Waals surface area (Å²) in [4.78, 5) is 15.1. The monoisotopic (exact) mass is 217 g/mol. The number of hydrogen-bond acceptors (Lipinski definition) is 3. The Morgan fingerprint density at radius 3 is 1.87 bits per heavy atom. The van der Waals surface area contributed by atoms with Crippen LogP contribution >= 0.6 is 0 Å². The second-order valence-electron chi connectivity index (χ2n) is 3.70. The fraction of sp³-hybridized carbons (Fsp3) is 0.909. The zero-order valence-electron chi connectivity index (χ0n) is 9.87. The lowest BCUT2D eigenvalue weighted by Crippen LogP contribution is -2.28. The highest BCUT2D eigenvalue weighted by atomic mass is 16.8. The number of carbonyl (C=O) groups is 1. The first-order valence-electron chi connectivity index (χ1n) is 5.86. The lowest BCUT2D eigenvalue weighted by Gasteiger charge is -2.18. The maximum Gasteiger partial charge on any atom is 0.525 e. The van der Waals surface area contributed by atoms with E-state index in [-0.39, 0.29) is 0 Å². The molecule has 15 heavy (non-hydrogen) atoms. The van der Waals surface area contributed by atoms with Crippen molar-refractivity contribution in [1.29, 1.82) is 0 Å². The standard InChI is InChI=1S/C11H23NO3/c1-3-5-7-9-12(15-11(13)14)10-8-6-4-2/h3-10H2,1-2H3,(H,13,14). The molecule has 0 aliphatic carbocycles. The Kier molecular flexibility index (Phi) is 9.27. The van der Waals surface area contributed by atoms with Gasteiger partial charge in [0.05, 0.1) is 0 Å². The summed E-state index contributed by atoms with van der Waals surface area (Å²) in [7, 11) is 0. The molecule has 0 aromatic rings. The van der Waals surface area contributed by atoms with Crippen LogP contribution in [0.25, 0.3) is 0 Å². The summed E-state index contributed by atoms with van der Waals surface area (Å²) in [6.45, 7) is 5.67. The quantitative estimate of drug-likeness (QED) is 0.475. The minimum absolute atomic E-state index is 0.712. The molecule has 4 nitrogen and oxygen atoms in total. The molecule has 0 atom stereocenters. The summed E-state index contributed by atoms with van der Waals surface area (Å²) in [6.07, 6.45) is 5.29. The summed E-state index contributed by atoms with van der Waals surface area (Å²) in [5, 5.41) is 10.1. The topological polar surface area (TPSA) is 49.8 Å². The summed E-state index contributed by atoms with van der Waals surface area (Å²) in [6, 6.07) is 0. The second kappa shape index (κ2) is 9.77. The Balaban J connectivity index is 3.68.